The molecular weight excluding hydrogens is 308 g/mol. The van der Waals surface area contributed by atoms with Crippen molar-refractivity contribution in [3.63, 3.8) is 0 Å². The van der Waals surface area contributed by atoms with E-state index in [4.69, 9.17) is 9.84 Å². The lowest BCUT2D eigenvalue weighted by Crippen LogP contribution is -2.10. The van der Waals surface area contributed by atoms with Crippen LogP contribution in [0, 0.1) is 6.92 Å². The van der Waals surface area contributed by atoms with E-state index in [0.717, 1.165) is 11.4 Å². The van der Waals surface area contributed by atoms with Gasteiger partial charge in [0, 0.05) is 7.05 Å². The lowest BCUT2D eigenvalue weighted by atomic mass is 10.0. The fraction of sp³-hybridized carbons (Fsp3) is 0.278. The summed E-state index contributed by atoms with van der Waals surface area (Å²) < 4.78 is 7.28. The zero-order chi connectivity index (χ0) is 17.9. The molecule has 0 radical (unpaired) electrons. The Hall–Kier alpha value is -2.89. The summed E-state index contributed by atoms with van der Waals surface area (Å²) in [7, 11) is 1.79. The SMILES string of the molecule is Cc1cc(/C=C/C(=O)c2cc(C(=O)O)ccc2OC(C)C)n(C)n1. The number of benzene rings is 1. The zero-order valence-electron chi connectivity index (χ0n) is 14.1. The molecule has 1 N–H and O–H groups in total. The second-order valence-corrected chi connectivity index (χ2v) is 5.71. The minimum absolute atomic E-state index is 0.0410. The van der Waals surface area contributed by atoms with Crippen LogP contribution in [0.5, 0.6) is 5.75 Å². The normalized spacial score (nSPS) is 11.2. The molecule has 0 aliphatic carbocycles. The molecule has 0 saturated carbocycles. The maximum atomic E-state index is 12.5. The third-order valence-corrected chi connectivity index (χ3v) is 3.30. The van der Waals surface area contributed by atoms with Crippen LogP contribution in [-0.4, -0.2) is 32.7 Å². The minimum atomic E-state index is -1.09. The topological polar surface area (TPSA) is 81.4 Å². The molecule has 0 fully saturated rings. The number of aryl methyl sites for hydroxylation is 2. The summed E-state index contributed by atoms with van der Waals surface area (Å²) in [5.74, 6) is -1.05. The smallest absolute Gasteiger partial charge is 0.335 e. The first-order valence-electron chi connectivity index (χ1n) is 7.55. The van der Waals surface area contributed by atoms with Crippen LogP contribution in [0.1, 0.15) is 46.0 Å². The van der Waals surface area contributed by atoms with Crippen molar-refractivity contribution in [2.24, 2.45) is 7.05 Å². The fourth-order valence-electron chi connectivity index (χ4n) is 2.25. The fourth-order valence-corrected chi connectivity index (χ4v) is 2.25. The number of carboxylic acids is 1. The molecule has 0 atom stereocenters. The highest BCUT2D eigenvalue weighted by atomic mass is 16.5. The maximum Gasteiger partial charge on any atom is 0.335 e. The van der Waals surface area contributed by atoms with E-state index >= 15 is 0 Å². The number of hydrogen-bond acceptors (Lipinski definition) is 4. The summed E-state index contributed by atoms with van der Waals surface area (Å²) in [5, 5.41) is 13.3. The predicted molar refractivity (Wildman–Crippen MR) is 90.5 cm³/mol. The van der Waals surface area contributed by atoms with E-state index in [-0.39, 0.29) is 23.0 Å². The number of rotatable bonds is 6. The lowest BCUT2D eigenvalue weighted by Gasteiger charge is -2.13. The van der Waals surface area contributed by atoms with Crippen LogP contribution in [0.4, 0.5) is 0 Å². The van der Waals surface area contributed by atoms with E-state index in [1.807, 2.05) is 26.8 Å². The summed E-state index contributed by atoms with van der Waals surface area (Å²) in [6, 6.07) is 6.12. The largest absolute Gasteiger partial charge is 0.490 e. The Morgan fingerprint density at radius 2 is 2.00 bits per heavy atom. The lowest BCUT2D eigenvalue weighted by molar-refractivity contribution is 0.0697. The quantitative estimate of drug-likeness (QED) is 0.651. The van der Waals surface area contributed by atoms with Crippen LogP contribution in [0.25, 0.3) is 6.08 Å². The molecule has 0 spiro atoms. The predicted octanol–water partition coefficient (Wildman–Crippen LogP) is 3.11. The van der Waals surface area contributed by atoms with Gasteiger partial charge in [-0.15, -0.1) is 0 Å². The van der Waals surface area contributed by atoms with E-state index in [1.165, 1.54) is 24.3 Å². The first-order chi connectivity index (χ1) is 11.3. The van der Waals surface area contributed by atoms with Crippen molar-refractivity contribution in [1.29, 1.82) is 0 Å². The van der Waals surface area contributed by atoms with Crippen LogP contribution in [0.2, 0.25) is 0 Å². The highest BCUT2D eigenvalue weighted by Crippen LogP contribution is 2.23. The van der Waals surface area contributed by atoms with Crippen molar-refractivity contribution in [3.8, 4) is 5.75 Å². The van der Waals surface area contributed by atoms with Crippen molar-refractivity contribution in [2.75, 3.05) is 0 Å². The molecule has 0 amide bonds. The van der Waals surface area contributed by atoms with E-state index in [2.05, 4.69) is 5.10 Å². The van der Waals surface area contributed by atoms with Gasteiger partial charge in [0.1, 0.15) is 5.75 Å². The second kappa shape index (κ2) is 7.12. The molecule has 126 valence electrons. The molecule has 1 aromatic carbocycles. The molecule has 0 bridgehead atoms. The molecule has 2 aromatic rings. The Labute approximate surface area is 140 Å². The summed E-state index contributed by atoms with van der Waals surface area (Å²) in [4.78, 5) is 23.7. The number of nitrogens with zero attached hydrogens (tertiary/aromatic N) is 2. The van der Waals surface area contributed by atoms with Crippen LogP contribution < -0.4 is 4.74 Å². The third-order valence-electron chi connectivity index (χ3n) is 3.30. The van der Waals surface area contributed by atoms with Gasteiger partial charge in [-0.25, -0.2) is 4.79 Å². The van der Waals surface area contributed by atoms with Gasteiger partial charge in [0.2, 0.25) is 0 Å². The van der Waals surface area contributed by atoms with Crippen molar-refractivity contribution in [1.82, 2.24) is 9.78 Å². The van der Waals surface area contributed by atoms with Gasteiger partial charge in [-0.3, -0.25) is 9.48 Å². The van der Waals surface area contributed by atoms with E-state index in [0.29, 0.717) is 5.75 Å². The van der Waals surface area contributed by atoms with E-state index < -0.39 is 5.97 Å². The monoisotopic (exact) mass is 328 g/mol. The first-order valence-corrected chi connectivity index (χ1v) is 7.55. The van der Waals surface area contributed by atoms with Gasteiger partial charge in [0.25, 0.3) is 0 Å². The number of aromatic nitrogens is 2. The number of carbonyl (C=O) groups excluding carboxylic acids is 1. The first kappa shape index (κ1) is 17.5. The Kier molecular flexibility index (Phi) is 5.18. The Bertz CT molecular complexity index is 803. The zero-order valence-corrected chi connectivity index (χ0v) is 14.1. The Morgan fingerprint density at radius 1 is 1.29 bits per heavy atom. The molecule has 0 saturated heterocycles. The summed E-state index contributed by atoms with van der Waals surface area (Å²) in [5.41, 5.74) is 1.89. The van der Waals surface area contributed by atoms with Crippen LogP contribution >= 0.6 is 0 Å². The van der Waals surface area contributed by atoms with E-state index in [9.17, 15) is 9.59 Å². The highest BCUT2D eigenvalue weighted by molar-refractivity contribution is 6.09. The average Bonchev–Trinajstić information content (AvgIpc) is 2.82. The van der Waals surface area contributed by atoms with Crippen molar-refractivity contribution in [3.05, 3.63) is 52.9 Å². The standard InChI is InChI=1S/C18H20N2O4/c1-11(2)24-17-8-5-13(18(22)23)10-15(17)16(21)7-6-14-9-12(3)19-20(14)4/h5-11H,1-4H3,(H,22,23)/b7-6+. The molecule has 6 heteroatoms. The van der Waals surface area contributed by atoms with E-state index in [1.54, 1.807) is 17.8 Å². The van der Waals surface area contributed by atoms with Crippen LogP contribution in [0.15, 0.2) is 30.3 Å². The number of hydrogen-bond donors (Lipinski definition) is 1. The molecule has 2 rings (SSSR count). The number of allylic oxidation sites excluding steroid dienone is 1. The second-order valence-electron chi connectivity index (χ2n) is 5.71. The molecule has 1 heterocycles. The van der Waals surface area contributed by atoms with Gasteiger partial charge in [-0.05, 0) is 57.2 Å². The number of ether oxygens (including phenoxy) is 1. The average molecular weight is 328 g/mol. The molecule has 1 aromatic heterocycles. The van der Waals surface area contributed by atoms with Gasteiger partial charge in [-0.2, -0.15) is 5.10 Å². The Balaban J connectivity index is 2.36. The van der Waals surface area contributed by atoms with Crippen molar-refractivity contribution < 1.29 is 19.4 Å². The maximum absolute atomic E-state index is 12.5. The highest BCUT2D eigenvalue weighted by Gasteiger charge is 2.15. The van der Waals surface area contributed by atoms with Gasteiger partial charge in [0.05, 0.1) is 28.6 Å². The van der Waals surface area contributed by atoms with Crippen molar-refractivity contribution in [2.45, 2.75) is 26.9 Å². The number of aromatic carboxylic acids is 1. The van der Waals surface area contributed by atoms with Crippen molar-refractivity contribution >= 4 is 17.8 Å². The van der Waals surface area contributed by atoms with Crippen LogP contribution in [-0.2, 0) is 7.05 Å². The number of ketones is 1. The molecular formula is C18H20N2O4. The van der Waals surface area contributed by atoms with Crippen LogP contribution in [0.3, 0.4) is 0 Å². The molecule has 0 aliphatic heterocycles. The molecule has 24 heavy (non-hydrogen) atoms. The Morgan fingerprint density at radius 3 is 2.54 bits per heavy atom. The third kappa shape index (κ3) is 4.10. The number of carbonyl (C=O) groups is 2. The van der Waals surface area contributed by atoms with Gasteiger partial charge in [-0.1, -0.05) is 0 Å². The van der Waals surface area contributed by atoms with Gasteiger partial charge in [0.15, 0.2) is 5.78 Å². The summed E-state index contributed by atoms with van der Waals surface area (Å²) in [6.07, 6.45) is 2.91. The summed E-state index contributed by atoms with van der Waals surface area (Å²) >= 11 is 0. The summed E-state index contributed by atoms with van der Waals surface area (Å²) in [6.45, 7) is 5.55. The molecule has 0 aliphatic rings. The van der Waals surface area contributed by atoms with Gasteiger partial charge < -0.3 is 9.84 Å². The molecule has 6 nitrogen and oxygen atoms in total. The number of carboxylic acid groups (broad SMARTS) is 1. The van der Waals surface area contributed by atoms with Gasteiger partial charge >= 0.3 is 5.97 Å². The minimum Gasteiger partial charge on any atom is -0.490 e. The molecule has 0 unspecified atom stereocenters.